The van der Waals surface area contributed by atoms with E-state index in [-0.39, 0.29) is 0 Å². The molecule has 0 aliphatic rings. The van der Waals surface area contributed by atoms with Gasteiger partial charge in [0.25, 0.3) is 0 Å². The minimum Gasteiger partial charge on any atom is -0.507 e. The van der Waals surface area contributed by atoms with Gasteiger partial charge in [0.05, 0.1) is 0 Å². The third-order valence-electron chi connectivity index (χ3n) is 1.51. The summed E-state index contributed by atoms with van der Waals surface area (Å²) in [4.78, 5) is 0. The molecule has 1 aromatic rings. The second-order valence-corrected chi connectivity index (χ2v) is 3.28. The van der Waals surface area contributed by atoms with Crippen LogP contribution < -0.4 is 0 Å². The minimum absolute atomic E-state index is 0.309. The molecule has 58 valence electrons. The molecule has 0 aliphatic heterocycles. The van der Waals surface area contributed by atoms with Crippen molar-refractivity contribution in [1.82, 2.24) is 0 Å². The van der Waals surface area contributed by atoms with E-state index >= 15 is 0 Å². The van der Waals surface area contributed by atoms with Crippen LogP contribution in [-0.4, -0.2) is 5.11 Å². The van der Waals surface area contributed by atoms with Crippen LogP contribution in [0.1, 0.15) is 11.1 Å². The van der Waals surface area contributed by atoms with Gasteiger partial charge in [-0.3, -0.25) is 0 Å². The molecule has 0 aliphatic carbocycles. The van der Waals surface area contributed by atoms with Crippen molar-refractivity contribution in [3.63, 3.8) is 0 Å². The predicted octanol–water partition coefficient (Wildman–Crippen LogP) is 3.11. The van der Waals surface area contributed by atoms with Crippen molar-refractivity contribution in [1.29, 1.82) is 0 Å². The Hall–Kier alpha value is -0.760. The lowest BCUT2D eigenvalue weighted by atomic mass is 10.1. The fraction of sp³-hybridized carbons (Fsp3) is 0.111. The first-order valence-corrected chi connectivity index (χ1v) is 4.06. The Balaban J connectivity index is 3.35. The molecule has 0 spiro atoms. The van der Waals surface area contributed by atoms with Crippen molar-refractivity contribution in [2.24, 2.45) is 0 Å². The molecule has 1 N–H and O–H groups in total. The molecular formula is C9H9BrO. The number of hydrogen-bond acceptors (Lipinski definition) is 1. The third-order valence-corrected chi connectivity index (χ3v) is 1.97. The van der Waals surface area contributed by atoms with Gasteiger partial charge in [0.15, 0.2) is 0 Å². The summed E-state index contributed by atoms with van der Waals surface area (Å²) in [5.74, 6) is 0.309. The topological polar surface area (TPSA) is 20.2 Å². The van der Waals surface area contributed by atoms with Crippen LogP contribution >= 0.6 is 15.9 Å². The van der Waals surface area contributed by atoms with E-state index in [0.717, 1.165) is 15.6 Å². The van der Waals surface area contributed by atoms with Crippen molar-refractivity contribution < 1.29 is 5.11 Å². The first kappa shape index (κ1) is 8.34. The van der Waals surface area contributed by atoms with Crippen LogP contribution in [0.3, 0.4) is 0 Å². The fourth-order valence-corrected chi connectivity index (χ4v) is 1.51. The first-order valence-electron chi connectivity index (χ1n) is 3.26. The lowest BCUT2D eigenvalue weighted by Gasteiger charge is -2.03. The maximum absolute atomic E-state index is 9.43. The van der Waals surface area contributed by atoms with E-state index in [0.29, 0.717) is 5.75 Å². The lowest BCUT2D eigenvalue weighted by molar-refractivity contribution is 0.469. The van der Waals surface area contributed by atoms with Gasteiger partial charge < -0.3 is 5.11 Å². The van der Waals surface area contributed by atoms with Gasteiger partial charge >= 0.3 is 0 Å². The molecule has 0 bridgehead atoms. The molecule has 0 unspecified atom stereocenters. The standard InChI is InChI=1S/C9H9BrO/c1-3-7-5-8(10)4-6(2)9(7)11/h3-5,11H,1H2,2H3. The zero-order chi connectivity index (χ0) is 8.43. The summed E-state index contributed by atoms with van der Waals surface area (Å²) in [5, 5.41) is 9.43. The van der Waals surface area contributed by atoms with Gasteiger partial charge in [0.2, 0.25) is 0 Å². The Morgan fingerprint density at radius 1 is 1.55 bits per heavy atom. The van der Waals surface area contributed by atoms with Crippen LogP contribution in [0.4, 0.5) is 0 Å². The number of aromatic hydroxyl groups is 1. The van der Waals surface area contributed by atoms with Crippen molar-refractivity contribution in [3.8, 4) is 5.75 Å². The van der Waals surface area contributed by atoms with Gasteiger partial charge in [0, 0.05) is 10.0 Å². The quantitative estimate of drug-likeness (QED) is 0.759. The number of phenolic OH excluding ortho intramolecular Hbond substituents is 1. The molecule has 0 heterocycles. The molecule has 0 aromatic heterocycles. The van der Waals surface area contributed by atoms with Crippen LogP contribution in [0.15, 0.2) is 23.2 Å². The second kappa shape index (κ2) is 3.09. The van der Waals surface area contributed by atoms with Gasteiger partial charge in [-0.05, 0) is 24.6 Å². The number of halogens is 1. The van der Waals surface area contributed by atoms with E-state index in [1.54, 1.807) is 6.08 Å². The summed E-state index contributed by atoms with van der Waals surface area (Å²) in [6.45, 7) is 5.45. The van der Waals surface area contributed by atoms with Crippen LogP contribution in [0.2, 0.25) is 0 Å². The van der Waals surface area contributed by atoms with Crippen molar-refractivity contribution in [3.05, 3.63) is 34.3 Å². The Labute approximate surface area is 74.5 Å². The van der Waals surface area contributed by atoms with E-state index in [1.165, 1.54) is 0 Å². The normalized spacial score (nSPS) is 9.64. The molecule has 2 heteroatoms. The molecule has 0 atom stereocenters. The molecule has 0 radical (unpaired) electrons. The third kappa shape index (κ3) is 1.63. The van der Waals surface area contributed by atoms with E-state index in [4.69, 9.17) is 0 Å². The molecule has 1 nitrogen and oxygen atoms in total. The van der Waals surface area contributed by atoms with Gasteiger partial charge in [-0.1, -0.05) is 28.6 Å². The van der Waals surface area contributed by atoms with E-state index in [2.05, 4.69) is 22.5 Å². The highest BCUT2D eigenvalue weighted by Crippen LogP contribution is 2.26. The summed E-state index contributed by atoms with van der Waals surface area (Å²) >= 11 is 3.33. The summed E-state index contributed by atoms with van der Waals surface area (Å²) in [6, 6.07) is 3.69. The summed E-state index contributed by atoms with van der Waals surface area (Å²) in [5.41, 5.74) is 1.62. The molecule has 1 rings (SSSR count). The largest absolute Gasteiger partial charge is 0.507 e. The Bertz CT molecular complexity index is 292. The van der Waals surface area contributed by atoms with E-state index in [1.807, 2.05) is 19.1 Å². The maximum Gasteiger partial charge on any atom is 0.125 e. The smallest absolute Gasteiger partial charge is 0.125 e. The molecule has 0 fully saturated rings. The summed E-state index contributed by atoms with van der Waals surface area (Å²) < 4.78 is 0.961. The van der Waals surface area contributed by atoms with Crippen LogP contribution in [0, 0.1) is 6.92 Å². The highest BCUT2D eigenvalue weighted by molar-refractivity contribution is 9.10. The number of aryl methyl sites for hydroxylation is 1. The fourth-order valence-electron chi connectivity index (χ4n) is 0.917. The highest BCUT2D eigenvalue weighted by atomic mass is 79.9. The number of benzene rings is 1. The van der Waals surface area contributed by atoms with Crippen LogP contribution in [0.25, 0.3) is 6.08 Å². The number of rotatable bonds is 1. The maximum atomic E-state index is 9.43. The van der Waals surface area contributed by atoms with Crippen molar-refractivity contribution in [2.75, 3.05) is 0 Å². The van der Waals surface area contributed by atoms with Crippen LogP contribution in [-0.2, 0) is 0 Å². The Kier molecular flexibility index (Phi) is 2.35. The Morgan fingerprint density at radius 2 is 2.18 bits per heavy atom. The monoisotopic (exact) mass is 212 g/mol. The van der Waals surface area contributed by atoms with Gasteiger partial charge in [-0.25, -0.2) is 0 Å². The number of phenols is 1. The second-order valence-electron chi connectivity index (χ2n) is 2.36. The zero-order valence-electron chi connectivity index (χ0n) is 6.26. The van der Waals surface area contributed by atoms with E-state index < -0.39 is 0 Å². The van der Waals surface area contributed by atoms with Gasteiger partial charge in [0.1, 0.15) is 5.75 Å². The molecule has 0 saturated carbocycles. The zero-order valence-corrected chi connectivity index (χ0v) is 7.85. The predicted molar refractivity (Wildman–Crippen MR) is 50.6 cm³/mol. The van der Waals surface area contributed by atoms with Gasteiger partial charge in [-0.2, -0.15) is 0 Å². The molecule has 0 amide bonds. The average molecular weight is 213 g/mol. The summed E-state index contributed by atoms with van der Waals surface area (Å²) in [7, 11) is 0. The van der Waals surface area contributed by atoms with E-state index in [9.17, 15) is 5.11 Å². The van der Waals surface area contributed by atoms with Gasteiger partial charge in [-0.15, -0.1) is 0 Å². The lowest BCUT2D eigenvalue weighted by Crippen LogP contribution is -1.79. The SMILES string of the molecule is C=Cc1cc(Br)cc(C)c1O. The van der Waals surface area contributed by atoms with Crippen molar-refractivity contribution in [2.45, 2.75) is 6.92 Å². The first-order chi connectivity index (χ1) is 5.15. The molecule has 11 heavy (non-hydrogen) atoms. The minimum atomic E-state index is 0.309. The highest BCUT2D eigenvalue weighted by Gasteiger charge is 2.01. The average Bonchev–Trinajstić information content (AvgIpc) is 1.96. The summed E-state index contributed by atoms with van der Waals surface area (Å²) in [6.07, 6.45) is 1.63. The molecule has 1 aromatic carbocycles. The molecular weight excluding hydrogens is 204 g/mol. The van der Waals surface area contributed by atoms with Crippen molar-refractivity contribution >= 4 is 22.0 Å². The Morgan fingerprint density at radius 3 is 2.73 bits per heavy atom. The van der Waals surface area contributed by atoms with Crippen LogP contribution in [0.5, 0.6) is 5.75 Å². The number of hydrogen-bond donors (Lipinski definition) is 1. The molecule has 0 saturated heterocycles.